The number of carbonyl (C=O) groups excluding carboxylic acids is 1. The Labute approximate surface area is 147 Å². The highest BCUT2D eigenvalue weighted by Crippen LogP contribution is 2.26. The molecule has 132 valence electrons. The molecule has 1 atom stereocenters. The molecule has 3 heterocycles. The first-order valence-corrected chi connectivity index (χ1v) is 8.39. The van der Waals surface area contributed by atoms with Gasteiger partial charge in [-0.15, -0.1) is 0 Å². The predicted octanol–water partition coefficient (Wildman–Crippen LogP) is 1.28. The summed E-state index contributed by atoms with van der Waals surface area (Å²) in [6, 6.07) is 0. The molecule has 8 heteroatoms. The maximum absolute atomic E-state index is 12.3. The van der Waals surface area contributed by atoms with Crippen LogP contribution in [0.4, 0.5) is 11.6 Å². The Bertz CT molecular complexity index is 707. The molecule has 25 heavy (non-hydrogen) atoms. The molecule has 3 rings (SSSR count). The smallest absolute Gasteiger partial charge is 0.236 e. The second kappa shape index (κ2) is 7.98. The Kier molecular flexibility index (Phi) is 5.49. The second-order valence-corrected chi connectivity index (χ2v) is 6.46. The molecule has 2 aromatic heterocycles. The van der Waals surface area contributed by atoms with E-state index < -0.39 is 0 Å². The molecule has 0 unspecified atom stereocenters. The highest BCUT2D eigenvalue weighted by atomic mass is 16.2. The highest BCUT2D eigenvalue weighted by Gasteiger charge is 2.26. The third-order valence-electron chi connectivity index (χ3n) is 4.12. The topological polar surface area (TPSA) is 87.1 Å². The van der Waals surface area contributed by atoms with E-state index >= 15 is 0 Å². The summed E-state index contributed by atoms with van der Waals surface area (Å²) in [7, 11) is 3.82. The van der Waals surface area contributed by atoms with Crippen LogP contribution >= 0.6 is 0 Å². The Balaban J connectivity index is 1.69. The summed E-state index contributed by atoms with van der Waals surface area (Å²) in [5, 5.41) is 3.11. The van der Waals surface area contributed by atoms with Crippen LogP contribution in [0.3, 0.4) is 0 Å². The van der Waals surface area contributed by atoms with Crippen LogP contribution in [0.1, 0.15) is 24.5 Å². The number of likely N-dealkylation sites (tertiary alicyclic amines) is 1. The SMILES string of the molecule is CN(C)CC(=O)N1CCC[C@H](c2cncc(Nc3cnccn3)n2)C1. The first kappa shape index (κ1) is 17.2. The van der Waals surface area contributed by atoms with Gasteiger partial charge in [0, 0.05) is 37.6 Å². The average Bonchev–Trinajstić information content (AvgIpc) is 2.62. The molecular formula is C17H23N7O. The van der Waals surface area contributed by atoms with Crippen molar-refractivity contribution in [3.05, 3.63) is 36.7 Å². The maximum Gasteiger partial charge on any atom is 0.236 e. The van der Waals surface area contributed by atoms with Crippen molar-refractivity contribution in [2.24, 2.45) is 0 Å². The van der Waals surface area contributed by atoms with Gasteiger partial charge >= 0.3 is 0 Å². The lowest BCUT2D eigenvalue weighted by Crippen LogP contribution is -2.43. The van der Waals surface area contributed by atoms with E-state index in [2.05, 4.69) is 25.3 Å². The third-order valence-corrected chi connectivity index (χ3v) is 4.12. The predicted molar refractivity (Wildman–Crippen MR) is 94.5 cm³/mol. The lowest BCUT2D eigenvalue weighted by molar-refractivity contribution is -0.133. The summed E-state index contributed by atoms with van der Waals surface area (Å²) >= 11 is 0. The van der Waals surface area contributed by atoms with E-state index in [4.69, 9.17) is 0 Å². The summed E-state index contributed by atoms with van der Waals surface area (Å²) in [5.41, 5.74) is 0.899. The lowest BCUT2D eigenvalue weighted by atomic mass is 9.95. The number of nitrogens with one attached hydrogen (secondary N) is 1. The zero-order valence-electron chi connectivity index (χ0n) is 14.6. The molecule has 1 N–H and O–H groups in total. The van der Waals surface area contributed by atoms with Gasteiger partial charge in [0.1, 0.15) is 11.6 Å². The minimum Gasteiger partial charge on any atom is -0.341 e. The number of carbonyl (C=O) groups is 1. The Morgan fingerprint density at radius 3 is 2.84 bits per heavy atom. The number of likely N-dealkylation sites (N-methyl/N-ethyl adjacent to an activating group) is 1. The van der Waals surface area contributed by atoms with Gasteiger partial charge < -0.3 is 15.1 Å². The molecule has 0 aromatic carbocycles. The quantitative estimate of drug-likeness (QED) is 0.876. The molecule has 1 aliphatic rings. The van der Waals surface area contributed by atoms with Crippen LogP contribution in [0.15, 0.2) is 31.0 Å². The summed E-state index contributed by atoms with van der Waals surface area (Å²) in [6.45, 7) is 1.94. The van der Waals surface area contributed by atoms with E-state index in [1.165, 1.54) is 0 Å². The van der Waals surface area contributed by atoms with E-state index in [0.29, 0.717) is 24.7 Å². The van der Waals surface area contributed by atoms with Crippen molar-refractivity contribution in [2.75, 3.05) is 39.0 Å². The fourth-order valence-electron chi connectivity index (χ4n) is 2.95. The van der Waals surface area contributed by atoms with Gasteiger partial charge in [-0.2, -0.15) is 0 Å². The van der Waals surface area contributed by atoms with Crippen molar-refractivity contribution in [1.82, 2.24) is 29.7 Å². The van der Waals surface area contributed by atoms with Gasteiger partial charge in [0.2, 0.25) is 5.91 Å². The van der Waals surface area contributed by atoms with Crippen LogP contribution < -0.4 is 5.32 Å². The number of piperidine rings is 1. The van der Waals surface area contributed by atoms with Crippen molar-refractivity contribution in [2.45, 2.75) is 18.8 Å². The van der Waals surface area contributed by atoms with Gasteiger partial charge in [0.25, 0.3) is 0 Å². The summed E-state index contributed by atoms with van der Waals surface area (Å²) in [5.74, 6) is 1.63. The number of rotatable bonds is 5. The van der Waals surface area contributed by atoms with Crippen LogP contribution in [-0.4, -0.2) is 69.4 Å². The number of hydrogen-bond acceptors (Lipinski definition) is 7. The van der Waals surface area contributed by atoms with Crippen LogP contribution in [0.25, 0.3) is 0 Å². The fourth-order valence-corrected chi connectivity index (χ4v) is 2.95. The van der Waals surface area contributed by atoms with Crippen molar-refractivity contribution < 1.29 is 4.79 Å². The van der Waals surface area contributed by atoms with Gasteiger partial charge in [-0.3, -0.25) is 14.8 Å². The first-order valence-electron chi connectivity index (χ1n) is 8.39. The fraction of sp³-hybridized carbons (Fsp3) is 0.471. The molecule has 0 bridgehead atoms. The maximum atomic E-state index is 12.3. The third kappa shape index (κ3) is 4.69. The van der Waals surface area contributed by atoms with Crippen molar-refractivity contribution in [3.63, 3.8) is 0 Å². The minimum atomic E-state index is 0.163. The standard InChI is InChI=1S/C17H23N7O/c1-23(2)12-17(25)24-7-3-4-13(11-24)14-8-19-10-16(21-14)22-15-9-18-5-6-20-15/h5-6,8-10,13H,3-4,7,11-12H2,1-2H3,(H,20,21,22)/t13-/m0/s1. The van der Waals surface area contributed by atoms with Gasteiger partial charge in [0.15, 0.2) is 0 Å². The summed E-state index contributed by atoms with van der Waals surface area (Å²) in [6.07, 6.45) is 10.3. The molecule has 0 aliphatic carbocycles. The summed E-state index contributed by atoms with van der Waals surface area (Å²) < 4.78 is 0. The number of amides is 1. The highest BCUT2D eigenvalue weighted by molar-refractivity contribution is 5.78. The molecule has 0 radical (unpaired) electrons. The number of nitrogens with zero attached hydrogens (tertiary/aromatic N) is 6. The number of anilines is 2. The lowest BCUT2D eigenvalue weighted by Gasteiger charge is -2.33. The summed E-state index contributed by atoms with van der Waals surface area (Å²) in [4.78, 5) is 33.3. The van der Waals surface area contributed by atoms with Gasteiger partial charge in [-0.1, -0.05) is 0 Å². The van der Waals surface area contributed by atoms with E-state index in [0.717, 1.165) is 25.1 Å². The molecule has 0 saturated carbocycles. The molecule has 2 aromatic rings. The van der Waals surface area contributed by atoms with Crippen molar-refractivity contribution in [1.29, 1.82) is 0 Å². The second-order valence-electron chi connectivity index (χ2n) is 6.46. The number of hydrogen-bond donors (Lipinski definition) is 1. The van der Waals surface area contributed by atoms with Gasteiger partial charge in [0.05, 0.1) is 24.6 Å². The zero-order chi connectivity index (χ0) is 17.6. The number of aromatic nitrogens is 4. The monoisotopic (exact) mass is 341 g/mol. The van der Waals surface area contributed by atoms with E-state index in [9.17, 15) is 4.79 Å². The van der Waals surface area contributed by atoms with Crippen LogP contribution in [0, 0.1) is 0 Å². The zero-order valence-corrected chi connectivity index (χ0v) is 14.6. The average molecular weight is 341 g/mol. The van der Waals surface area contributed by atoms with Crippen molar-refractivity contribution >= 4 is 17.5 Å². The Morgan fingerprint density at radius 1 is 1.24 bits per heavy atom. The Hall–Kier alpha value is -2.61. The molecule has 1 amide bonds. The molecule has 8 nitrogen and oxygen atoms in total. The van der Waals surface area contributed by atoms with Crippen LogP contribution in [-0.2, 0) is 4.79 Å². The molecular weight excluding hydrogens is 318 g/mol. The normalized spacial score (nSPS) is 17.6. The first-order chi connectivity index (χ1) is 12.1. The van der Waals surface area contributed by atoms with E-state index in [-0.39, 0.29) is 11.8 Å². The van der Waals surface area contributed by atoms with Crippen LogP contribution in [0.5, 0.6) is 0 Å². The van der Waals surface area contributed by atoms with Gasteiger partial charge in [-0.25, -0.2) is 9.97 Å². The molecule has 0 spiro atoms. The molecule has 1 saturated heterocycles. The largest absolute Gasteiger partial charge is 0.341 e. The van der Waals surface area contributed by atoms with Gasteiger partial charge in [-0.05, 0) is 26.9 Å². The van der Waals surface area contributed by atoms with Crippen LogP contribution in [0.2, 0.25) is 0 Å². The van der Waals surface area contributed by atoms with E-state index in [1.54, 1.807) is 31.0 Å². The van der Waals surface area contributed by atoms with E-state index in [1.807, 2.05) is 23.9 Å². The minimum absolute atomic E-state index is 0.163. The van der Waals surface area contributed by atoms with Crippen molar-refractivity contribution in [3.8, 4) is 0 Å². The Morgan fingerprint density at radius 2 is 2.08 bits per heavy atom. The molecule has 1 fully saturated rings. The molecule has 1 aliphatic heterocycles.